The molecule has 1 aliphatic rings. The third-order valence-electron chi connectivity index (χ3n) is 3.52. The molecule has 2 heterocycles. The van der Waals surface area contributed by atoms with Gasteiger partial charge in [-0.05, 0) is 25.1 Å². The molecule has 5 nitrogen and oxygen atoms in total. The minimum absolute atomic E-state index is 0.0283. The highest BCUT2D eigenvalue weighted by Gasteiger charge is 2.21. The van der Waals surface area contributed by atoms with Crippen molar-refractivity contribution in [3.63, 3.8) is 0 Å². The lowest BCUT2D eigenvalue weighted by Gasteiger charge is -2.27. The van der Waals surface area contributed by atoms with Gasteiger partial charge in [0.2, 0.25) is 0 Å². The summed E-state index contributed by atoms with van der Waals surface area (Å²) < 4.78 is 13.5. The van der Waals surface area contributed by atoms with Crippen molar-refractivity contribution in [1.29, 1.82) is 0 Å². The summed E-state index contributed by atoms with van der Waals surface area (Å²) in [5.41, 5.74) is 1.15. The number of rotatable bonds is 4. The standard InChI is InChI=1S/C15H19N3O2/c1-11(13-7-8-17-18(13)2)16-9-12-10-19-14-5-3-4-6-15(14)20-12/h3-8,11-12,16H,9-10H2,1-2H3. The molecule has 5 heteroatoms. The Hall–Kier alpha value is -2.01. The lowest BCUT2D eigenvalue weighted by Crippen LogP contribution is -2.39. The first-order valence-electron chi connectivity index (χ1n) is 6.84. The second-order valence-electron chi connectivity index (χ2n) is 5.01. The van der Waals surface area contributed by atoms with Gasteiger partial charge in [0.15, 0.2) is 11.5 Å². The molecule has 0 aliphatic carbocycles. The molecule has 106 valence electrons. The summed E-state index contributed by atoms with van der Waals surface area (Å²) in [6, 6.07) is 10.0. The van der Waals surface area contributed by atoms with Crippen molar-refractivity contribution in [1.82, 2.24) is 15.1 Å². The maximum absolute atomic E-state index is 5.92. The Kier molecular flexibility index (Phi) is 3.60. The second-order valence-corrected chi connectivity index (χ2v) is 5.01. The van der Waals surface area contributed by atoms with Crippen LogP contribution in [-0.2, 0) is 7.05 Å². The predicted molar refractivity (Wildman–Crippen MR) is 76.0 cm³/mol. The van der Waals surface area contributed by atoms with Gasteiger partial charge in [0.1, 0.15) is 12.7 Å². The van der Waals surface area contributed by atoms with E-state index in [1.54, 1.807) is 0 Å². The molecule has 1 aliphatic heterocycles. The first-order valence-corrected chi connectivity index (χ1v) is 6.84. The molecule has 3 rings (SSSR count). The Labute approximate surface area is 118 Å². The van der Waals surface area contributed by atoms with Gasteiger partial charge in [-0.15, -0.1) is 0 Å². The number of nitrogens with one attached hydrogen (secondary N) is 1. The van der Waals surface area contributed by atoms with E-state index < -0.39 is 0 Å². The number of benzene rings is 1. The number of para-hydroxylation sites is 2. The van der Waals surface area contributed by atoms with Crippen LogP contribution in [0.15, 0.2) is 36.5 Å². The van der Waals surface area contributed by atoms with Crippen LogP contribution in [0.1, 0.15) is 18.7 Å². The molecule has 0 spiro atoms. The molecule has 20 heavy (non-hydrogen) atoms. The van der Waals surface area contributed by atoms with E-state index in [1.165, 1.54) is 0 Å². The number of fused-ring (bicyclic) bond motifs is 1. The molecule has 0 radical (unpaired) electrons. The monoisotopic (exact) mass is 273 g/mol. The van der Waals surface area contributed by atoms with Crippen molar-refractivity contribution in [3.8, 4) is 11.5 Å². The zero-order chi connectivity index (χ0) is 13.9. The summed E-state index contributed by atoms with van der Waals surface area (Å²) in [5.74, 6) is 1.64. The fourth-order valence-corrected chi connectivity index (χ4v) is 2.39. The molecule has 0 saturated carbocycles. The van der Waals surface area contributed by atoms with Crippen LogP contribution in [0, 0.1) is 0 Å². The number of hydrogen-bond donors (Lipinski definition) is 1. The number of aromatic nitrogens is 2. The van der Waals surface area contributed by atoms with Gasteiger partial charge in [0.05, 0.1) is 5.69 Å². The normalized spacial score (nSPS) is 18.8. The maximum atomic E-state index is 5.92. The molecule has 1 N–H and O–H groups in total. The lowest BCUT2D eigenvalue weighted by atomic mass is 10.2. The number of hydrogen-bond acceptors (Lipinski definition) is 4. The fraction of sp³-hybridized carbons (Fsp3) is 0.400. The van der Waals surface area contributed by atoms with Crippen molar-refractivity contribution in [2.75, 3.05) is 13.2 Å². The largest absolute Gasteiger partial charge is 0.486 e. The van der Waals surface area contributed by atoms with E-state index in [9.17, 15) is 0 Å². The van der Waals surface area contributed by atoms with Crippen LogP contribution in [0.4, 0.5) is 0 Å². The minimum Gasteiger partial charge on any atom is -0.486 e. The van der Waals surface area contributed by atoms with Crippen LogP contribution in [0.5, 0.6) is 11.5 Å². The topological polar surface area (TPSA) is 48.3 Å². The van der Waals surface area contributed by atoms with E-state index in [2.05, 4.69) is 17.3 Å². The van der Waals surface area contributed by atoms with Crippen molar-refractivity contribution in [3.05, 3.63) is 42.2 Å². The molecule has 2 atom stereocenters. The van der Waals surface area contributed by atoms with Gasteiger partial charge in [-0.3, -0.25) is 4.68 Å². The second kappa shape index (κ2) is 5.54. The zero-order valence-corrected chi connectivity index (χ0v) is 11.7. The number of nitrogens with zero attached hydrogens (tertiary/aromatic N) is 2. The van der Waals surface area contributed by atoms with Crippen molar-refractivity contribution in [2.24, 2.45) is 7.05 Å². The summed E-state index contributed by atoms with van der Waals surface area (Å²) in [4.78, 5) is 0. The molecular formula is C15H19N3O2. The van der Waals surface area contributed by atoms with Gasteiger partial charge < -0.3 is 14.8 Å². The molecule has 0 fully saturated rings. The van der Waals surface area contributed by atoms with Crippen LogP contribution < -0.4 is 14.8 Å². The summed E-state index contributed by atoms with van der Waals surface area (Å²) in [6.45, 7) is 3.43. The first-order chi connectivity index (χ1) is 9.74. The molecule has 0 saturated heterocycles. The Morgan fingerprint density at radius 3 is 2.90 bits per heavy atom. The molecule has 1 aromatic heterocycles. The molecule has 0 amide bonds. The minimum atomic E-state index is 0.0283. The van der Waals surface area contributed by atoms with Crippen molar-refractivity contribution >= 4 is 0 Å². The van der Waals surface area contributed by atoms with Gasteiger partial charge >= 0.3 is 0 Å². The summed E-state index contributed by atoms with van der Waals surface area (Å²) >= 11 is 0. The summed E-state index contributed by atoms with van der Waals surface area (Å²) in [5, 5.41) is 7.64. The van der Waals surface area contributed by atoms with Crippen LogP contribution in [-0.4, -0.2) is 29.0 Å². The molecule has 2 unspecified atom stereocenters. The highest BCUT2D eigenvalue weighted by molar-refractivity contribution is 5.40. The Morgan fingerprint density at radius 2 is 2.15 bits per heavy atom. The van der Waals surface area contributed by atoms with Gasteiger partial charge in [0.25, 0.3) is 0 Å². The van der Waals surface area contributed by atoms with Crippen molar-refractivity contribution < 1.29 is 9.47 Å². The fourth-order valence-electron chi connectivity index (χ4n) is 2.39. The van der Waals surface area contributed by atoms with Crippen LogP contribution in [0.3, 0.4) is 0 Å². The van der Waals surface area contributed by atoms with E-state index in [4.69, 9.17) is 9.47 Å². The smallest absolute Gasteiger partial charge is 0.161 e. The van der Waals surface area contributed by atoms with E-state index in [1.807, 2.05) is 48.3 Å². The van der Waals surface area contributed by atoms with Crippen molar-refractivity contribution in [2.45, 2.75) is 19.1 Å². The third-order valence-corrected chi connectivity index (χ3v) is 3.52. The molecule has 2 aromatic rings. The highest BCUT2D eigenvalue weighted by Crippen LogP contribution is 2.30. The van der Waals surface area contributed by atoms with Crippen LogP contribution in [0.25, 0.3) is 0 Å². The first kappa shape index (κ1) is 13.0. The Bertz CT molecular complexity index is 582. The molecule has 1 aromatic carbocycles. The number of aryl methyl sites for hydroxylation is 1. The van der Waals surface area contributed by atoms with E-state index >= 15 is 0 Å². The summed E-state index contributed by atoms with van der Waals surface area (Å²) in [6.07, 6.45) is 1.84. The Balaban J connectivity index is 1.57. The van der Waals surface area contributed by atoms with Crippen LogP contribution >= 0.6 is 0 Å². The quantitative estimate of drug-likeness (QED) is 0.924. The molecular weight excluding hydrogens is 254 g/mol. The average molecular weight is 273 g/mol. The van der Waals surface area contributed by atoms with E-state index in [0.717, 1.165) is 23.7 Å². The van der Waals surface area contributed by atoms with Gasteiger partial charge in [-0.1, -0.05) is 12.1 Å². The van der Waals surface area contributed by atoms with Gasteiger partial charge in [-0.25, -0.2) is 0 Å². The van der Waals surface area contributed by atoms with Crippen LogP contribution in [0.2, 0.25) is 0 Å². The SMILES string of the molecule is CC(NCC1COc2ccccc2O1)c1ccnn1C. The third kappa shape index (κ3) is 2.63. The highest BCUT2D eigenvalue weighted by atomic mass is 16.6. The number of ether oxygens (including phenoxy) is 2. The average Bonchev–Trinajstić information content (AvgIpc) is 2.91. The van der Waals surface area contributed by atoms with Gasteiger partial charge in [-0.2, -0.15) is 5.10 Å². The molecule has 0 bridgehead atoms. The van der Waals surface area contributed by atoms with E-state index in [-0.39, 0.29) is 12.1 Å². The predicted octanol–water partition coefficient (Wildman–Crippen LogP) is 1.91. The van der Waals surface area contributed by atoms with E-state index in [0.29, 0.717) is 6.61 Å². The Morgan fingerprint density at radius 1 is 1.35 bits per heavy atom. The zero-order valence-electron chi connectivity index (χ0n) is 11.7. The van der Waals surface area contributed by atoms with Gasteiger partial charge in [0, 0.05) is 25.8 Å². The summed E-state index contributed by atoms with van der Waals surface area (Å²) in [7, 11) is 1.95. The maximum Gasteiger partial charge on any atom is 0.161 e. The lowest BCUT2D eigenvalue weighted by molar-refractivity contribution is 0.0884.